The standard InChI is InChI=1S/C16H22N2O4/c1-3-22-16(19)14-7-5-9-17(11-14)12(2)13-6-4-8-15(10-13)18(20)21/h4,6,8,10,12,14H,3,5,7,9,11H2,1-2H3. The Morgan fingerprint density at radius 2 is 2.32 bits per heavy atom. The summed E-state index contributed by atoms with van der Waals surface area (Å²) in [6.07, 6.45) is 1.78. The topological polar surface area (TPSA) is 72.7 Å². The summed E-state index contributed by atoms with van der Waals surface area (Å²) in [5, 5.41) is 10.9. The maximum Gasteiger partial charge on any atom is 0.310 e. The molecule has 1 aromatic rings. The molecule has 6 heteroatoms. The summed E-state index contributed by atoms with van der Waals surface area (Å²) in [4.78, 5) is 24.6. The molecule has 0 N–H and O–H groups in total. The van der Waals surface area contributed by atoms with Crippen molar-refractivity contribution in [3.8, 4) is 0 Å². The van der Waals surface area contributed by atoms with Gasteiger partial charge in [-0.15, -0.1) is 0 Å². The van der Waals surface area contributed by atoms with E-state index in [-0.39, 0.29) is 28.5 Å². The van der Waals surface area contributed by atoms with Crippen molar-refractivity contribution in [1.82, 2.24) is 4.90 Å². The van der Waals surface area contributed by atoms with Crippen molar-refractivity contribution in [2.75, 3.05) is 19.7 Å². The van der Waals surface area contributed by atoms with Gasteiger partial charge in [0.1, 0.15) is 0 Å². The molecular weight excluding hydrogens is 284 g/mol. The number of piperidine rings is 1. The van der Waals surface area contributed by atoms with Crippen molar-refractivity contribution >= 4 is 11.7 Å². The highest BCUT2D eigenvalue weighted by atomic mass is 16.6. The Morgan fingerprint density at radius 1 is 1.55 bits per heavy atom. The van der Waals surface area contributed by atoms with Gasteiger partial charge in [0.15, 0.2) is 0 Å². The number of carbonyl (C=O) groups excluding carboxylic acids is 1. The third-order valence-electron chi connectivity index (χ3n) is 4.18. The zero-order chi connectivity index (χ0) is 16.1. The van der Waals surface area contributed by atoms with Gasteiger partial charge in [0.05, 0.1) is 17.4 Å². The number of carbonyl (C=O) groups is 1. The molecule has 0 aromatic heterocycles. The molecule has 1 aliphatic heterocycles. The van der Waals surface area contributed by atoms with E-state index < -0.39 is 0 Å². The van der Waals surface area contributed by atoms with Crippen LogP contribution in [0.25, 0.3) is 0 Å². The molecule has 2 atom stereocenters. The Hall–Kier alpha value is -1.95. The lowest BCUT2D eigenvalue weighted by Crippen LogP contribution is -2.40. The summed E-state index contributed by atoms with van der Waals surface area (Å²) < 4.78 is 5.11. The number of benzene rings is 1. The smallest absolute Gasteiger partial charge is 0.310 e. The number of nitrogens with zero attached hydrogens (tertiary/aromatic N) is 2. The molecule has 2 rings (SSSR count). The first-order valence-corrected chi connectivity index (χ1v) is 7.68. The molecule has 6 nitrogen and oxygen atoms in total. The second-order valence-electron chi connectivity index (χ2n) is 5.61. The molecule has 1 saturated heterocycles. The molecule has 120 valence electrons. The highest BCUT2D eigenvalue weighted by Crippen LogP contribution is 2.28. The predicted molar refractivity (Wildman–Crippen MR) is 82.4 cm³/mol. The molecule has 0 spiro atoms. The van der Waals surface area contributed by atoms with Crippen LogP contribution < -0.4 is 0 Å². The molecular formula is C16H22N2O4. The van der Waals surface area contributed by atoms with E-state index in [0.717, 1.165) is 24.9 Å². The molecule has 22 heavy (non-hydrogen) atoms. The van der Waals surface area contributed by atoms with Crippen molar-refractivity contribution in [1.29, 1.82) is 0 Å². The lowest BCUT2D eigenvalue weighted by molar-refractivity contribution is -0.385. The number of ether oxygens (including phenoxy) is 1. The SMILES string of the molecule is CCOC(=O)C1CCCN(C(C)c2cccc([N+](=O)[O-])c2)C1. The van der Waals surface area contributed by atoms with Gasteiger partial charge in [0, 0.05) is 24.7 Å². The van der Waals surface area contributed by atoms with Gasteiger partial charge in [-0.05, 0) is 38.8 Å². The summed E-state index contributed by atoms with van der Waals surface area (Å²) in [5.74, 6) is -0.242. The van der Waals surface area contributed by atoms with Gasteiger partial charge >= 0.3 is 5.97 Å². The van der Waals surface area contributed by atoms with Crippen LogP contribution in [0, 0.1) is 16.0 Å². The summed E-state index contributed by atoms with van der Waals surface area (Å²) in [6, 6.07) is 6.74. The molecule has 1 fully saturated rings. The van der Waals surface area contributed by atoms with E-state index in [2.05, 4.69) is 4.90 Å². The largest absolute Gasteiger partial charge is 0.466 e. The van der Waals surface area contributed by atoms with Crippen LogP contribution in [0.3, 0.4) is 0 Å². The lowest BCUT2D eigenvalue weighted by atomic mass is 9.95. The number of esters is 1. The Bertz CT molecular complexity index is 547. The van der Waals surface area contributed by atoms with E-state index >= 15 is 0 Å². The summed E-state index contributed by atoms with van der Waals surface area (Å²) in [7, 11) is 0. The van der Waals surface area contributed by atoms with Gasteiger partial charge in [-0.1, -0.05) is 12.1 Å². The van der Waals surface area contributed by atoms with Gasteiger partial charge in [-0.25, -0.2) is 0 Å². The molecule has 0 radical (unpaired) electrons. The van der Waals surface area contributed by atoms with E-state index in [1.807, 2.05) is 19.9 Å². The minimum absolute atomic E-state index is 0.0390. The fourth-order valence-electron chi connectivity index (χ4n) is 2.92. The monoisotopic (exact) mass is 306 g/mol. The number of non-ortho nitro benzene ring substituents is 1. The van der Waals surface area contributed by atoms with Crippen molar-refractivity contribution < 1.29 is 14.5 Å². The molecule has 0 saturated carbocycles. The third-order valence-corrected chi connectivity index (χ3v) is 4.18. The molecule has 0 bridgehead atoms. The fourth-order valence-corrected chi connectivity index (χ4v) is 2.92. The van der Waals surface area contributed by atoms with Crippen LogP contribution in [-0.2, 0) is 9.53 Å². The molecule has 1 aliphatic rings. The van der Waals surface area contributed by atoms with E-state index in [1.54, 1.807) is 12.1 Å². The first-order valence-electron chi connectivity index (χ1n) is 7.68. The Labute approximate surface area is 130 Å². The molecule has 1 heterocycles. The van der Waals surface area contributed by atoms with Crippen LogP contribution in [0.5, 0.6) is 0 Å². The first kappa shape index (κ1) is 16.4. The number of hydrogen-bond donors (Lipinski definition) is 0. The van der Waals surface area contributed by atoms with Crippen LogP contribution >= 0.6 is 0 Å². The third kappa shape index (κ3) is 3.82. The maximum atomic E-state index is 11.9. The van der Waals surface area contributed by atoms with Crippen molar-refractivity contribution in [3.63, 3.8) is 0 Å². The van der Waals surface area contributed by atoms with Gasteiger partial charge in [-0.2, -0.15) is 0 Å². The number of rotatable bonds is 5. The van der Waals surface area contributed by atoms with E-state index in [9.17, 15) is 14.9 Å². The van der Waals surface area contributed by atoms with Crippen LogP contribution in [0.1, 0.15) is 38.3 Å². The van der Waals surface area contributed by atoms with Crippen molar-refractivity contribution in [3.05, 3.63) is 39.9 Å². The highest BCUT2D eigenvalue weighted by molar-refractivity contribution is 5.72. The Balaban J connectivity index is 2.08. The van der Waals surface area contributed by atoms with E-state index in [0.29, 0.717) is 13.2 Å². The van der Waals surface area contributed by atoms with Gasteiger partial charge in [0.25, 0.3) is 5.69 Å². The zero-order valence-electron chi connectivity index (χ0n) is 13.0. The van der Waals surface area contributed by atoms with E-state index in [4.69, 9.17) is 4.74 Å². The molecule has 0 amide bonds. The average molecular weight is 306 g/mol. The van der Waals surface area contributed by atoms with Crippen LogP contribution in [0.15, 0.2) is 24.3 Å². The number of nitro groups is 1. The average Bonchev–Trinajstić information content (AvgIpc) is 2.54. The Morgan fingerprint density at radius 3 is 3.00 bits per heavy atom. The summed E-state index contributed by atoms with van der Waals surface area (Å²) in [5.41, 5.74) is 1.00. The zero-order valence-corrected chi connectivity index (χ0v) is 13.0. The van der Waals surface area contributed by atoms with Crippen LogP contribution in [0.2, 0.25) is 0 Å². The number of nitro benzene ring substituents is 1. The van der Waals surface area contributed by atoms with Crippen LogP contribution in [0.4, 0.5) is 5.69 Å². The second kappa shape index (κ2) is 7.35. The molecule has 0 aliphatic carbocycles. The fraction of sp³-hybridized carbons (Fsp3) is 0.562. The minimum atomic E-state index is -0.381. The highest BCUT2D eigenvalue weighted by Gasteiger charge is 2.29. The normalized spacial score (nSPS) is 20.4. The van der Waals surface area contributed by atoms with Crippen molar-refractivity contribution in [2.45, 2.75) is 32.7 Å². The van der Waals surface area contributed by atoms with Gasteiger partial charge in [0.2, 0.25) is 0 Å². The van der Waals surface area contributed by atoms with Gasteiger partial charge < -0.3 is 4.74 Å². The summed E-state index contributed by atoms with van der Waals surface area (Å²) in [6.45, 7) is 5.76. The number of hydrogen-bond acceptors (Lipinski definition) is 5. The number of likely N-dealkylation sites (tertiary alicyclic amines) is 1. The van der Waals surface area contributed by atoms with E-state index in [1.165, 1.54) is 6.07 Å². The second-order valence-corrected chi connectivity index (χ2v) is 5.61. The predicted octanol–water partition coefficient (Wildman–Crippen LogP) is 2.93. The van der Waals surface area contributed by atoms with Gasteiger partial charge in [-0.3, -0.25) is 19.8 Å². The first-order chi connectivity index (χ1) is 10.5. The Kier molecular flexibility index (Phi) is 5.49. The lowest BCUT2D eigenvalue weighted by Gasteiger charge is -2.36. The summed E-state index contributed by atoms with van der Waals surface area (Å²) >= 11 is 0. The van der Waals surface area contributed by atoms with Crippen LogP contribution in [-0.4, -0.2) is 35.5 Å². The minimum Gasteiger partial charge on any atom is -0.466 e. The molecule has 1 aromatic carbocycles. The maximum absolute atomic E-state index is 11.9. The van der Waals surface area contributed by atoms with Crippen molar-refractivity contribution in [2.24, 2.45) is 5.92 Å². The molecule has 2 unspecified atom stereocenters. The quantitative estimate of drug-likeness (QED) is 0.475.